The number of aliphatic hydroxyl groups excluding tert-OH is 1. The first kappa shape index (κ1) is 35.5. The topological polar surface area (TPSA) is 189 Å². The van der Waals surface area contributed by atoms with E-state index in [9.17, 15) is 39.0 Å². The van der Waals surface area contributed by atoms with Gasteiger partial charge < -0.3 is 33.9 Å². The maximum absolute atomic E-state index is 14.1. The number of hydrogen-bond donors (Lipinski definition) is 2. The van der Waals surface area contributed by atoms with Crippen LogP contribution in [0.25, 0.3) is 0 Å². The molecule has 4 aliphatic carbocycles. The second kappa shape index (κ2) is 12.2. The zero-order chi connectivity index (χ0) is 35.6. The lowest BCUT2D eigenvalue weighted by atomic mass is 9.53. The van der Waals surface area contributed by atoms with E-state index in [4.69, 9.17) is 23.7 Å². The summed E-state index contributed by atoms with van der Waals surface area (Å²) in [7, 11) is 0. The highest BCUT2D eigenvalue weighted by Crippen LogP contribution is 2.69. The van der Waals surface area contributed by atoms with E-state index in [-0.39, 0.29) is 30.6 Å². The minimum Gasteiger partial charge on any atom is -0.459 e. The normalized spacial score (nSPS) is 39.2. The van der Waals surface area contributed by atoms with Gasteiger partial charge in [0.1, 0.15) is 30.2 Å². The van der Waals surface area contributed by atoms with Crippen molar-refractivity contribution < 1.29 is 62.7 Å². The predicted molar refractivity (Wildman–Crippen MR) is 164 cm³/mol. The van der Waals surface area contributed by atoms with Gasteiger partial charge in [-0.2, -0.15) is 0 Å². The van der Waals surface area contributed by atoms with Crippen LogP contribution in [0.3, 0.4) is 0 Å². The fraction of sp³-hybridized carbons (Fsp3) is 0.657. The van der Waals surface area contributed by atoms with Crippen molar-refractivity contribution in [3.63, 3.8) is 0 Å². The minimum absolute atomic E-state index is 0.164. The Morgan fingerprint density at radius 2 is 1.44 bits per heavy atom. The molecule has 0 aliphatic heterocycles. The third kappa shape index (κ3) is 5.48. The molecule has 0 radical (unpaired) electrons. The smallest absolute Gasteiger partial charge is 0.338 e. The van der Waals surface area contributed by atoms with Crippen LogP contribution in [0, 0.1) is 34.5 Å². The Bertz CT molecular complexity index is 1500. The molecule has 48 heavy (non-hydrogen) atoms. The van der Waals surface area contributed by atoms with Gasteiger partial charge in [-0.25, -0.2) is 9.59 Å². The number of ether oxygens (including phenoxy) is 5. The largest absolute Gasteiger partial charge is 0.459 e. The Morgan fingerprint density at radius 1 is 0.833 bits per heavy atom. The summed E-state index contributed by atoms with van der Waals surface area (Å²) in [6.07, 6.45) is -6.36. The van der Waals surface area contributed by atoms with Crippen LogP contribution < -0.4 is 0 Å². The maximum Gasteiger partial charge on any atom is 0.338 e. The second-order valence-corrected chi connectivity index (χ2v) is 14.8. The van der Waals surface area contributed by atoms with E-state index in [1.165, 1.54) is 12.1 Å². The lowest BCUT2D eigenvalue weighted by Gasteiger charge is -2.58. The van der Waals surface area contributed by atoms with Crippen LogP contribution in [0.5, 0.6) is 0 Å². The number of ketones is 1. The van der Waals surface area contributed by atoms with Gasteiger partial charge in [-0.05, 0) is 36.8 Å². The molecular formula is C35H44O13. The third-order valence-electron chi connectivity index (χ3n) is 11.1. The fourth-order valence-corrected chi connectivity index (χ4v) is 9.62. The highest BCUT2D eigenvalue weighted by Gasteiger charge is 2.82. The summed E-state index contributed by atoms with van der Waals surface area (Å²) in [5, 5.41) is 23.0. The molecule has 0 amide bonds. The zero-order valence-corrected chi connectivity index (χ0v) is 28.2. The number of Topliss-reactive ketones (excluding diaryl/α,β-unsaturated/α-hetero) is 1. The third-order valence-corrected chi connectivity index (χ3v) is 11.1. The number of esters is 5. The number of aliphatic hydroxyl groups is 2. The van der Waals surface area contributed by atoms with Crippen molar-refractivity contribution in [2.24, 2.45) is 34.5 Å². The molecule has 1 aromatic rings. The zero-order valence-electron chi connectivity index (χ0n) is 28.2. The van der Waals surface area contributed by atoms with E-state index < -0.39 is 107 Å². The van der Waals surface area contributed by atoms with E-state index >= 15 is 0 Å². The number of carbonyl (C=O) groups excluding carboxylic acids is 6. The summed E-state index contributed by atoms with van der Waals surface area (Å²) < 4.78 is 30.3. The monoisotopic (exact) mass is 672 g/mol. The Labute approximate surface area is 278 Å². The second-order valence-electron chi connectivity index (χ2n) is 14.8. The molecule has 0 saturated heterocycles. The van der Waals surface area contributed by atoms with E-state index in [2.05, 4.69) is 0 Å². The molecule has 0 spiro atoms. The number of benzene rings is 1. The van der Waals surface area contributed by atoms with Gasteiger partial charge in [0.2, 0.25) is 0 Å². The van der Waals surface area contributed by atoms with Gasteiger partial charge in [0, 0.05) is 38.5 Å². The van der Waals surface area contributed by atoms with Gasteiger partial charge in [-0.15, -0.1) is 0 Å². The molecule has 4 fully saturated rings. The Kier molecular flexibility index (Phi) is 9.05. The molecule has 4 aliphatic rings. The minimum atomic E-state index is -2.18. The van der Waals surface area contributed by atoms with Crippen LogP contribution in [0.4, 0.5) is 0 Å². The standard InChI is InChI=1S/C35H44O13/c1-17-13-34(43)25(26(17)47-29(42)21-11-9-8-10-12-21)28(46-24(40)16-36)35(48-20(4)39)14-22-23(15-32(5,6)27(22)41)33(7,30(34)44-18(2)37)31(35)45-19(3)38/h8-12,17,22-23,25-26,28,30-31,36,43H,13-16H2,1-7H3/t17-,22+,23-,25+,26-,28+,30+,31-,33+,34+,35+/m0/s1. The van der Waals surface area contributed by atoms with Gasteiger partial charge in [-0.1, -0.05) is 45.9 Å². The van der Waals surface area contributed by atoms with Crippen molar-refractivity contribution in [2.75, 3.05) is 6.61 Å². The van der Waals surface area contributed by atoms with E-state index in [1.807, 2.05) is 0 Å². The highest BCUT2D eigenvalue weighted by atomic mass is 16.6. The van der Waals surface area contributed by atoms with Crippen molar-refractivity contribution in [3.05, 3.63) is 35.9 Å². The molecule has 0 aromatic heterocycles. The van der Waals surface area contributed by atoms with Crippen LogP contribution in [0.1, 0.15) is 78.1 Å². The highest BCUT2D eigenvalue weighted by molar-refractivity contribution is 5.90. The van der Waals surface area contributed by atoms with Crippen LogP contribution in [-0.2, 0) is 47.7 Å². The number of hydrogen-bond acceptors (Lipinski definition) is 13. The molecule has 0 unspecified atom stereocenters. The summed E-state index contributed by atoms with van der Waals surface area (Å²) in [5.41, 5.74) is -6.71. The molecule has 13 heteroatoms. The van der Waals surface area contributed by atoms with Crippen molar-refractivity contribution in [1.29, 1.82) is 0 Å². The van der Waals surface area contributed by atoms with Crippen LogP contribution in [0.15, 0.2) is 30.3 Å². The van der Waals surface area contributed by atoms with E-state index in [0.717, 1.165) is 20.8 Å². The number of fused-ring (bicyclic) bond motifs is 5. The van der Waals surface area contributed by atoms with Gasteiger partial charge in [0.25, 0.3) is 0 Å². The quantitative estimate of drug-likeness (QED) is 0.318. The SMILES string of the molecule is CC(=O)O[C@@H]1[C@@]2(OC(C)=O)C[C@H]3C(=O)C(C)(C)C[C@@H]3[C@]1(C)[C@@H](OC(C)=O)[C@@]1(O)C[C@H](C)[C@H](OC(=O)c3ccccc3)[C@@H]1[C@H]2OC(=O)CO. The lowest BCUT2D eigenvalue weighted by Crippen LogP contribution is -2.70. The van der Waals surface area contributed by atoms with Gasteiger partial charge in [-0.3, -0.25) is 19.2 Å². The summed E-state index contributed by atoms with van der Waals surface area (Å²) in [4.78, 5) is 79.8. The Balaban J connectivity index is 1.86. The maximum atomic E-state index is 14.1. The molecule has 5 rings (SSSR count). The molecular weight excluding hydrogens is 628 g/mol. The van der Waals surface area contributed by atoms with Crippen molar-refractivity contribution in [1.82, 2.24) is 0 Å². The molecule has 4 saturated carbocycles. The predicted octanol–water partition coefficient (Wildman–Crippen LogP) is 2.32. The molecule has 0 heterocycles. The number of carbonyl (C=O) groups is 6. The molecule has 262 valence electrons. The Morgan fingerprint density at radius 3 is 2.00 bits per heavy atom. The summed E-state index contributed by atoms with van der Waals surface area (Å²) in [6, 6.07) is 8.06. The van der Waals surface area contributed by atoms with E-state index in [0.29, 0.717) is 0 Å². The van der Waals surface area contributed by atoms with E-state index in [1.54, 1.807) is 45.9 Å². The van der Waals surface area contributed by atoms with Crippen molar-refractivity contribution in [3.8, 4) is 0 Å². The molecule has 1 aromatic carbocycles. The first-order chi connectivity index (χ1) is 22.3. The lowest BCUT2D eigenvalue weighted by molar-refractivity contribution is -0.269. The molecule has 13 nitrogen and oxygen atoms in total. The summed E-state index contributed by atoms with van der Waals surface area (Å²) in [5.74, 6) is -8.37. The van der Waals surface area contributed by atoms with Gasteiger partial charge in [0.05, 0.1) is 16.9 Å². The summed E-state index contributed by atoms with van der Waals surface area (Å²) >= 11 is 0. The van der Waals surface area contributed by atoms with Crippen molar-refractivity contribution in [2.45, 2.75) is 103 Å². The molecule has 11 atom stereocenters. The average Bonchev–Trinajstić information content (AvgIpc) is 3.38. The first-order valence-electron chi connectivity index (χ1n) is 16.2. The van der Waals surface area contributed by atoms with Gasteiger partial charge >= 0.3 is 29.8 Å². The van der Waals surface area contributed by atoms with Crippen LogP contribution in [-0.4, -0.2) is 88.1 Å². The van der Waals surface area contributed by atoms with Crippen LogP contribution in [0.2, 0.25) is 0 Å². The fourth-order valence-electron chi connectivity index (χ4n) is 9.62. The Hall–Kier alpha value is -3.84. The van der Waals surface area contributed by atoms with Crippen molar-refractivity contribution >= 4 is 35.6 Å². The van der Waals surface area contributed by atoms with Crippen LogP contribution >= 0.6 is 0 Å². The average molecular weight is 673 g/mol. The molecule has 2 N–H and O–H groups in total. The first-order valence-corrected chi connectivity index (χ1v) is 16.2. The van der Waals surface area contributed by atoms with Gasteiger partial charge in [0.15, 0.2) is 17.8 Å². The molecule has 2 bridgehead atoms. The number of rotatable bonds is 7. The summed E-state index contributed by atoms with van der Waals surface area (Å²) in [6.45, 7) is 9.09.